The molecule has 0 spiro atoms. The van der Waals surface area contributed by atoms with Crippen molar-refractivity contribution in [3.63, 3.8) is 0 Å². The van der Waals surface area contributed by atoms with Gasteiger partial charge in [-0.1, -0.05) is 54.6 Å². The van der Waals surface area contributed by atoms with Gasteiger partial charge >= 0.3 is 0 Å². The molecule has 0 saturated carbocycles. The summed E-state index contributed by atoms with van der Waals surface area (Å²) in [6.07, 6.45) is 2.05. The second-order valence-electron chi connectivity index (χ2n) is 6.04. The van der Waals surface area contributed by atoms with Gasteiger partial charge < -0.3 is 9.30 Å². The predicted molar refractivity (Wildman–Crippen MR) is 98.2 cm³/mol. The van der Waals surface area contributed by atoms with E-state index in [0.717, 1.165) is 27.8 Å². The van der Waals surface area contributed by atoms with E-state index in [4.69, 9.17) is 4.74 Å². The molecule has 0 saturated heterocycles. The van der Waals surface area contributed by atoms with Crippen LogP contribution in [0.4, 0.5) is 4.39 Å². The van der Waals surface area contributed by atoms with Crippen LogP contribution < -0.4 is 4.74 Å². The van der Waals surface area contributed by atoms with E-state index >= 15 is 0 Å². The maximum Gasteiger partial charge on any atom is 0.144 e. The van der Waals surface area contributed by atoms with Gasteiger partial charge in [-0.05, 0) is 35.4 Å². The van der Waals surface area contributed by atoms with Crippen LogP contribution in [-0.2, 0) is 13.2 Å². The van der Waals surface area contributed by atoms with E-state index in [-0.39, 0.29) is 5.82 Å². The fourth-order valence-corrected chi connectivity index (χ4v) is 3.00. The molecule has 0 atom stereocenters. The van der Waals surface area contributed by atoms with E-state index in [1.165, 1.54) is 12.1 Å². The van der Waals surface area contributed by atoms with E-state index in [1.54, 1.807) is 0 Å². The number of hydrogen-bond acceptors (Lipinski definition) is 1. The van der Waals surface area contributed by atoms with E-state index in [0.29, 0.717) is 13.2 Å². The number of para-hydroxylation sites is 1. The quantitative estimate of drug-likeness (QED) is 0.477. The first-order valence-electron chi connectivity index (χ1n) is 8.28. The number of fused-ring (bicyclic) bond motifs is 1. The number of aromatic nitrogens is 1. The first kappa shape index (κ1) is 15.5. The molecule has 0 fully saturated rings. The Balaban J connectivity index is 1.63. The minimum absolute atomic E-state index is 0.215. The average molecular weight is 331 g/mol. The Hall–Kier alpha value is -3.07. The van der Waals surface area contributed by atoms with Crippen LogP contribution in [0.5, 0.6) is 5.75 Å². The molecule has 0 N–H and O–H groups in total. The van der Waals surface area contributed by atoms with Crippen LogP contribution in [0.3, 0.4) is 0 Å². The van der Waals surface area contributed by atoms with E-state index in [2.05, 4.69) is 28.8 Å². The van der Waals surface area contributed by atoms with Crippen molar-refractivity contribution in [3.05, 3.63) is 102 Å². The first-order valence-corrected chi connectivity index (χ1v) is 8.28. The third-order valence-electron chi connectivity index (χ3n) is 4.25. The second kappa shape index (κ2) is 6.81. The SMILES string of the molecule is Fc1ccc(Cn2ccc3cccc(OCc4ccccc4)c32)cc1. The molecule has 4 aromatic rings. The third kappa shape index (κ3) is 3.41. The van der Waals surface area contributed by atoms with Gasteiger partial charge in [0.1, 0.15) is 18.2 Å². The van der Waals surface area contributed by atoms with Crippen LogP contribution in [0.25, 0.3) is 10.9 Å². The Morgan fingerprint density at radius 2 is 1.56 bits per heavy atom. The van der Waals surface area contributed by atoms with Gasteiger partial charge in [-0.2, -0.15) is 0 Å². The van der Waals surface area contributed by atoms with E-state index < -0.39 is 0 Å². The molecular formula is C22H18FNO. The standard InChI is InChI=1S/C22H18FNO/c23-20-11-9-17(10-12-20)15-24-14-13-19-7-4-8-21(22(19)24)25-16-18-5-2-1-3-6-18/h1-14H,15-16H2. The van der Waals surface area contributed by atoms with Gasteiger partial charge in [0.05, 0.1) is 5.52 Å². The zero-order chi connectivity index (χ0) is 17.1. The number of hydrogen-bond donors (Lipinski definition) is 0. The average Bonchev–Trinajstić information content (AvgIpc) is 3.06. The summed E-state index contributed by atoms with van der Waals surface area (Å²) in [5.41, 5.74) is 3.25. The largest absolute Gasteiger partial charge is 0.487 e. The molecule has 2 nitrogen and oxygen atoms in total. The smallest absolute Gasteiger partial charge is 0.144 e. The van der Waals surface area contributed by atoms with Gasteiger partial charge in [0, 0.05) is 18.1 Å². The summed E-state index contributed by atoms with van der Waals surface area (Å²) in [6, 6.07) is 24.9. The summed E-state index contributed by atoms with van der Waals surface area (Å²) in [6.45, 7) is 1.21. The molecule has 0 unspecified atom stereocenters. The monoisotopic (exact) mass is 331 g/mol. The Labute approximate surface area is 146 Å². The van der Waals surface area contributed by atoms with Crippen LogP contribution in [0.15, 0.2) is 85.1 Å². The summed E-state index contributed by atoms with van der Waals surface area (Å²) in [4.78, 5) is 0. The molecule has 4 rings (SSSR count). The molecule has 0 aliphatic heterocycles. The van der Waals surface area contributed by atoms with Crippen LogP contribution in [0, 0.1) is 5.82 Å². The van der Waals surface area contributed by atoms with Gasteiger partial charge in [0.15, 0.2) is 0 Å². The zero-order valence-electron chi connectivity index (χ0n) is 13.7. The predicted octanol–water partition coefficient (Wildman–Crippen LogP) is 5.41. The van der Waals surface area contributed by atoms with Gasteiger partial charge in [0.25, 0.3) is 0 Å². The van der Waals surface area contributed by atoms with Crippen LogP contribution in [-0.4, -0.2) is 4.57 Å². The lowest BCUT2D eigenvalue weighted by molar-refractivity contribution is 0.308. The van der Waals surface area contributed by atoms with Crippen LogP contribution in [0.2, 0.25) is 0 Å². The van der Waals surface area contributed by atoms with Crippen molar-refractivity contribution in [1.29, 1.82) is 0 Å². The van der Waals surface area contributed by atoms with Gasteiger partial charge in [0.2, 0.25) is 0 Å². The molecule has 0 aliphatic carbocycles. The van der Waals surface area contributed by atoms with E-state index in [9.17, 15) is 4.39 Å². The number of benzene rings is 3. The Morgan fingerprint density at radius 1 is 0.760 bits per heavy atom. The maximum atomic E-state index is 13.1. The molecule has 0 amide bonds. The van der Waals surface area contributed by atoms with Crippen molar-refractivity contribution in [3.8, 4) is 5.75 Å². The van der Waals surface area contributed by atoms with Crippen molar-refractivity contribution in [2.45, 2.75) is 13.2 Å². The fraction of sp³-hybridized carbons (Fsp3) is 0.0909. The molecular weight excluding hydrogens is 313 g/mol. The molecule has 3 heteroatoms. The van der Waals surface area contributed by atoms with Gasteiger partial charge in [-0.3, -0.25) is 0 Å². The van der Waals surface area contributed by atoms with Gasteiger partial charge in [-0.15, -0.1) is 0 Å². The van der Waals surface area contributed by atoms with Crippen molar-refractivity contribution < 1.29 is 9.13 Å². The van der Waals surface area contributed by atoms with Crippen molar-refractivity contribution >= 4 is 10.9 Å². The van der Waals surface area contributed by atoms with Crippen molar-refractivity contribution in [1.82, 2.24) is 4.57 Å². The summed E-state index contributed by atoms with van der Waals surface area (Å²) in [5, 5.41) is 1.13. The topological polar surface area (TPSA) is 14.2 Å². The summed E-state index contributed by atoms with van der Waals surface area (Å²) in [5.74, 6) is 0.640. The molecule has 1 heterocycles. The highest BCUT2D eigenvalue weighted by Crippen LogP contribution is 2.28. The number of ether oxygens (including phenoxy) is 1. The number of halogens is 1. The minimum Gasteiger partial charge on any atom is -0.487 e. The molecule has 124 valence electrons. The zero-order valence-corrected chi connectivity index (χ0v) is 13.7. The van der Waals surface area contributed by atoms with Crippen LogP contribution in [0.1, 0.15) is 11.1 Å². The van der Waals surface area contributed by atoms with E-state index in [1.807, 2.05) is 48.7 Å². The highest BCUT2D eigenvalue weighted by molar-refractivity contribution is 5.86. The number of rotatable bonds is 5. The van der Waals surface area contributed by atoms with Crippen LogP contribution >= 0.6 is 0 Å². The normalized spacial score (nSPS) is 10.9. The lowest BCUT2D eigenvalue weighted by Crippen LogP contribution is -2.01. The first-order chi connectivity index (χ1) is 12.3. The highest BCUT2D eigenvalue weighted by atomic mass is 19.1. The highest BCUT2D eigenvalue weighted by Gasteiger charge is 2.09. The second-order valence-corrected chi connectivity index (χ2v) is 6.04. The fourth-order valence-electron chi connectivity index (χ4n) is 3.00. The molecule has 3 aromatic carbocycles. The Bertz CT molecular complexity index is 974. The molecule has 0 bridgehead atoms. The number of nitrogens with zero attached hydrogens (tertiary/aromatic N) is 1. The maximum absolute atomic E-state index is 13.1. The summed E-state index contributed by atoms with van der Waals surface area (Å²) >= 11 is 0. The van der Waals surface area contributed by atoms with Gasteiger partial charge in [-0.25, -0.2) is 4.39 Å². The lowest BCUT2D eigenvalue weighted by Gasteiger charge is -2.12. The molecule has 25 heavy (non-hydrogen) atoms. The Morgan fingerprint density at radius 3 is 2.36 bits per heavy atom. The summed E-state index contributed by atoms with van der Waals surface area (Å²) < 4.78 is 21.3. The molecule has 0 radical (unpaired) electrons. The van der Waals surface area contributed by atoms with Crippen molar-refractivity contribution in [2.24, 2.45) is 0 Å². The lowest BCUT2D eigenvalue weighted by atomic mass is 10.2. The Kier molecular flexibility index (Phi) is 4.21. The summed E-state index contributed by atoms with van der Waals surface area (Å²) in [7, 11) is 0. The third-order valence-corrected chi connectivity index (χ3v) is 4.25. The molecule has 0 aliphatic rings. The van der Waals surface area contributed by atoms with Crippen molar-refractivity contribution in [2.75, 3.05) is 0 Å². The molecule has 1 aromatic heterocycles. The minimum atomic E-state index is -0.215.